The van der Waals surface area contributed by atoms with Gasteiger partial charge in [-0.25, -0.2) is 4.98 Å². The van der Waals surface area contributed by atoms with Crippen molar-refractivity contribution >= 4 is 17.0 Å². The summed E-state index contributed by atoms with van der Waals surface area (Å²) in [6, 6.07) is 14.7. The number of benzene rings is 1. The van der Waals surface area contributed by atoms with Crippen LogP contribution in [0.1, 0.15) is 24.0 Å². The number of methoxy groups -OCH3 is 1. The zero-order valence-corrected chi connectivity index (χ0v) is 19.0. The van der Waals surface area contributed by atoms with E-state index < -0.39 is 0 Å². The molecule has 0 bridgehead atoms. The quantitative estimate of drug-likeness (QED) is 0.578. The Morgan fingerprint density at radius 2 is 1.88 bits per heavy atom. The summed E-state index contributed by atoms with van der Waals surface area (Å²) in [5.41, 5.74) is 3.68. The lowest BCUT2D eigenvalue weighted by molar-refractivity contribution is -0.149. The fourth-order valence-electron chi connectivity index (χ4n) is 5.82. The van der Waals surface area contributed by atoms with E-state index in [0.717, 1.165) is 57.8 Å². The van der Waals surface area contributed by atoms with Gasteiger partial charge in [-0.2, -0.15) is 0 Å². The van der Waals surface area contributed by atoms with Gasteiger partial charge in [0, 0.05) is 56.4 Å². The number of aryl methyl sites for hydroxylation is 1. The molecule has 5 rings (SSSR count). The molecule has 0 amide bonds. The number of likely N-dealkylation sites (tertiary alicyclic amines) is 2. The van der Waals surface area contributed by atoms with Gasteiger partial charge < -0.3 is 9.30 Å². The van der Waals surface area contributed by atoms with E-state index in [1.165, 1.54) is 23.6 Å². The van der Waals surface area contributed by atoms with Gasteiger partial charge in [-0.05, 0) is 49.2 Å². The largest absolute Gasteiger partial charge is 0.469 e. The van der Waals surface area contributed by atoms with Crippen molar-refractivity contribution in [1.29, 1.82) is 0 Å². The van der Waals surface area contributed by atoms with Crippen molar-refractivity contribution in [2.75, 3.05) is 33.3 Å². The van der Waals surface area contributed by atoms with Gasteiger partial charge in [0.25, 0.3) is 0 Å². The van der Waals surface area contributed by atoms with E-state index in [1.807, 2.05) is 18.3 Å². The van der Waals surface area contributed by atoms with Crippen molar-refractivity contribution < 1.29 is 9.53 Å². The van der Waals surface area contributed by atoms with Gasteiger partial charge in [0.05, 0.1) is 13.0 Å². The first-order chi connectivity index (χ1) is 15.6. The number of hydrogen-bond acceptors (Lipinski definition) is 5. The van der Waals surface area contributed by atoms with Gasteiger partial charge in [0.15, 0.2) is 0 Å². The Hall–Kier alpha value is -2.70. The Bertz CT molecular complexity index is 1090. The number of pyridine rings is 1. The highest BCUT2D eigenvalue weighted by atomic mass is 16.5. The van der Waals surface area contributed by atoms with Crippen molar-refractivity contribution in [2.45, 2.75) is 25.9 Å². The van der Waals surface area contributed by atoms with Gasteiger partial charge in [-0.15, -0.1) is 0 Å². The summed E-state index contributed by atoms with van der Waals surface area (Å²) in [7, 11) is 3.59. The molecule has 1 aromatic carbocycles. The fraction of sp³-hybridized carbons (Fsp3) is 0.462. The van der Waals surface area contributed by atoms with Crippen LogP contribution in [0.5, 0.6) is 0 Å². The van der Waals surface area contributed by atoms with Gasteiger partial charge in [0.2, 0.25) is 0 Å². The minimum Gasteiger partial charge on any atom is -0.469 e. The van der Waals surface area contributed by atoms with Crippen molar-refractivity contribution in [1.82, 2.24) is 19.4 Å². The second kappa shape index (κ2) is 8.68. The Labute approximate surface area is 189 Å². The Balaban J connectivity index is 1.29. The average molecular weight is 433 g/mol. The topological polar surface area (TPSA) is 50.6 Å². The number of nitrogens with zero attached hydrogens (tertiary/aromatic N) is 4. The van der Waals surface area contributed by atoms with Crippen LogP contribution in [0.3, 0.4) is 0 Å². The number of rotatable bonds is 5. The van der Waals surface area contributed by atoms with Crippen LogP contribution in [-0.4, -0.2) is 58.6 Å². The molecule has 0 aliphatic carbocycles. The molecule has 2 aliphatic heterocycles. The number of hydrogen-bond donors (Lipinski definition) is 0. The minimum absolute atomic E-state index is 0.0126. The van der Waals surface area contributed by atoms with Crippen molar-refractivity contribution in [3.05, 3.63) is 66.0 Å². The molecule has 1 spiro atoms. The number of fused-ring (bicyclic) bond motifs is 1. The lowest BCUT2D eigenvalue weighted by Crippen LogP contribution is -2.46. The number of aromatic nitrogens is 2. The second-order valence-electron chi connectivity index (χ2n) is 9.51. The van der Waals surface area contributed by atoms with E-state index in [-0.39, 0.29) is 17.3 Å². The predicted octanol–water partition coefficient (Wildman–Crippen LogP) is 3.46. The van der Waals surface area contributed by atoms with Crippen LogP contribution >= 0.6 is 0 Å². The lowest BCUT2D eigenvalue weighted by atomic mass is 9.70. The third-order valence-electron chi connectivity index (χ3n) is 7.52. The van der Waals surface area contributed by atoms with E-state index in [4.69, 9.17) is 4.74 Å². The van der Waals surface area contributed by atoms with Crippen molar-refractivity contribution in [3.63, 3.8) is 0 Å². The Kier molecular flexibility index (Phi) is 5.74. The van der Waals surface area contributed by atoms with Crippen LogP contribution in [-0.2, 0) is 29.7 Å². The molecule has 2 saturated heterocycles. The first-order valence-corrected chi connectivity index (χ1v) is 11.5. The molecule has 168 valence electrons. The highest BCUT2D eigenvalue weighted by molar-refractivity contribution is 5.80. The predicted molar refractivity (Wildman–Crippen MR) is 125 cm³/mol. The molecule has 2 aromatic heterocycles. The molecule has 0 saturated carbocycles. The normalized spacial score (nSPS) is 21.4. The molecular formula is C26H32N4O2. The van der Waals surface area contributed by atoms with E-state index in [9.17, 15) is 4.79 Å². The average Bonchev–Trinajstić information content (AvgIpc) is 3.33. The molecule has 0 radical (unpaired) electrons. The third kappa shape index (κ3) is 3.93. The molecule has 2 fully saturated rings. The molecule has 0 N–H and O–H groups in total. The van der Waals surface area contributed by atoms with Crippen LogP contribution in [0.25, 0.3) is 11.0 Å². The zero-order valence-electron chi connectivity index (χ0n) is 19.0. The summed E-state index contributed by atoms with van der Waals surface area (Å²) in [5, 5.41) is 1.23. The molecule has 3 aromatic rings. The van der Waals surface area contributed by atoms with E-state index in [2.05, 4.69) is 62.9 Å². The number of ether oxygens (including phenoxy) is 1. The number of carbonyl (C=O) groups is 1. The molecule has 1 unspecified atom stereocenters. The number of carbonyl (C=O) groups excluding carboxylic acids is 1. The Morgan fingerprint density at radius 1 is 1.09 bits per heavy atom. The molecule has 1 atom stereocenters. The van der Waals surface area contributed by atoms with E-state index in [0.29, 0.717) is 0 Å². The first-order valence-electron chi connectivity index (χ1n) is 11.5. The van der Waals surface area contributed by atoms with Crippen LogP contribution in [0.4, 0.5) is 0 Å². The summed E-state index contributed by atoms with van der Waals surface area (Å²) < 4.78 is 7.36. The highest BCUT2D eigenvalue weighted by Crippen LogP contribution is 2.46. The van der Waals surface area contributed by atoms with Crippen LogP contribution in [0.2, 0.25) is 0 Å². The number of piperidine rings is 1. The standard InChI is InChI=1S/C26H32N4O2/c1-28-16-21(22-9-6-12-27-24(22)28)17-29-13-10-26(11-14-29)19-30(18-23(26)25(31)32-2)15-20-7-4-3-5-8-20/h3-9,12,16,23H,10-11,13-15,17-19H2,1-2H3. The molecule has 32 heavy (non-hydrogen) atoms. The van der Waals surface area contributed by atoms with Crippen molar-refractivity contribution in [2.24, 2.45) is 18.4 Å². The fourth-order valence-corrected chi connectivity index (χ4v) is 5.82. The Morgan fingerprint density at radius 3 is 2.62 bits per heavy atom. The van der Waals surface area contributed by atoms with Crippen LogP contribution in [0.15, 0.2) is 54.9 Å². The SMILES string of the molecule is COC(=O)C1CN(Cc2ccccc2)CC12CCN(Cc1cn(C)c3ncccc13)CC2. The maximum atomic E-state index is 12.7. The zero-order chi connectivity index (χ0) is 22.1. The summed E-state index contributed by atoms with van der Waals surface area (Å²) in [4.78, 5) is 22.2. The molecular weight excluding hydrogens is 400 g/mol. The van der Waals surface area contributed by atoms with Crippen LogP contribution in [0, 0.1) is 11.3 Å². The van der Waals surface area contributed by atoms with E-state index in [1.54, 1.807) is 0 Å². The molecule has 6 heteroatoms. The smallest absolute Gasteiger partial charge is 0.310 e. The van der Waals surface area contributed by atoms with Gasteiger partial charge in [0.1, 0.15) is 5.65 Å². The molecule has 6 nitrogen and oxygen atoms in total. The maximum Gasteiger partial charge on any atom is 0.310 e. The molecule has 2 aliphatic rings. The minimum atomic E-state index is -0.0471. The van der Waals surface area contributed by atoms with Gasteiger partial charge in [-0.3, -0.25) is 14.6 Å². The summed E-state index contributed by atoms with van der Waals surface area (Å²) in [6.45, 7) is 5.58. The summed E-state index contributed by atoms with van der Waals surface area (Å²) in [5.74, 6) is -0.0887. The second-order valence-corrected chi connectivity index (χ2v) is 9.51. The number of esters is 1. The highest BCUT2D eigenvalue weighted by Gasteiger charge is 2.51. The first kappa shape index (κ1) is 21.2. The van der Waals surface area contributed by atoms with E-state index >= 15 is 0 Å². The van der Waals surface area contributed by atoms with Gasteiger partial charge >= 0.3 is 5.97 Å². The summed E-state index contributed by atoms with van der Waals surface area (Å²) >= 11 is 0. The van der Waals surface area contributed by atoms with Crippen LogP contribution < -0.4 is 0 Å². The monoisotopic (exact) mass is 432 g/mol. The maximum absolute atomic E-state index is 12.7. The lowest BCUT2D eigenvalue weighted by Gasteiger charge is -2.41. The third-order valence-corrected chi connectivity index (χ3v) is 7.52. The van der Waals surface area contributed by atoms with Gasteiger partial charge in [-0.1, -0.05) is 30.3 Å². The molecule has 4 heterocycles. The van der Waals surface area contributed by atoms with Crippen molar-refractivity contribution in [3.8, 4) is 0 Å². The summed E-state index contributed by atoms with van der Waals surface area (Å²) in [6.07, 6.45) is 6.11.